The zero-order valence-electron chi connectivity index (χ0n) is 5.91. The second-order valence-corrected chi connectivity index (χ2v) is 1.67. The van der Waals surface area contributed by atoms with Gasteiger partial charge in [-0.2, -0.15) is 5.10 Å². The Hall–Kier alpha value is -1.31. The third-order valence-corrected chi connectivity index (χ3v) is 1.01. The summed E-state index contributed by atoms with van der Waals surface area (Å²) in [6.07, 6.45) is 1.59. The van der Waals surface area contributed by atoms with E-state index >= 15 is 0 Å². The van der Waals surface area contributed by atoms with Crippen LogP contribution in [0.25, 0.3) is 0 Å². The van der Waals surface area contributed by atoms with Crippen molar-refractivity contribution in [3.05, 3.63) is 35.9 Å². The summed E-state index contributed by atoms with van der Waals surface area (Å²) in [6.45, 7) is 0. The first-order valence-corrected chi connectivity index (χ1v) is 2.68. The van der Waals surface area contributed by atoms with Gasteiger partial charge in [0.05, 0.1) is 6.21 Å². The molecule has 0 amide bonds. The van der Waals surface area contributed by atoms with Gasteiger partial charge in [-0.15, -0.1) is 0 Å². The summed E-state index contributed by atoms with van der Waals surface area (Å²) in [5.74, 6) is 1.94. The quantitative estimate of drug-likeness (QED) is 0.353. The van der Waals surface area contributed by atoms with E-state index in [0.717, 1.165) is 5.56 Å². The molecule has 0 aromatic heterocycles. The molecule has 2 nitrogen and oxygen atoms in total. The average Bonchev–Trinajstić information content (AvgIpc) is 2.03. The van der Waals surface area contributed by atoms with Crippen LogP contribution < -0.4 is 5.84 Å². The zero-order chi connectivity index (χ0) is 7.23. The van der Waals surface area contributed by atoms with E-state index in [1.165, 1.54) is 0 Å². The predicted molar refractivity (Wildman–Crippen MR) is 38.2 cm³/mol. The third kappa shape index (κ3) is 1.57. The van der Waals surface area contributed by atoms with Crippen LogP contribution in [0.2, 0.25) is 1.41 Å². The smallest absolute Gasteiger partial charge is 0.179 e. The van der Waals surface area contributed by atoms with Crippen LogP contribution in [0, 0.1) is 0 Å². The van der Waals surface area contributed by atoms with Crippen LogP contribution in [0.1, 0.15) is 5.56 Å². The second kappa shape index (κ2) is 2.87. The summed E-state index contributed by atoms with van der Waals surface area (Å²) < 4.78 is 6.50. The molecule has 2 N–H and O–H groups in total. The third-order valence-electron chi connectivity index (χ3n) is 1.01. The fourth-order valence-electron chi connectivity index (χ4n) is 0.614. The van der Waals surface area contributed by atoms with Gasteiger partial charge in [0.25, 0.3) is 0 Å². The molecule has 1 rings (SSSR count). The molecule has 46 valence electrons. The molecule has 0 saturated carbocycles. The number of rotatable bonds is 2. The van der Waals surface area contributed by atoms with Crippen molar-refractivity contribution in [2.24, 2.45) is 10.9 Å². The number of benzene rings is 1. The lowest BCUT2D eigenvalue weighted by Gasteiger charge is -1.85. The van der Waals surface area contributed by atoms with Gasteiger partial charge in [-0.3, -0.25) is 0 Å². The van der Waals surface area contributed by atoms with Gasteiger partial charge in [0.2, 0.25) is 0 Å². The molecule has 1 aromatic rings. The number of nitrogens with two attached hydrogens (primary N) is 1. The summed E-state index contributed by atoms with van der Waals surface area (Å²) >= 11 is 0. The Balaban J connectivity index is 2.67. The molecule has 0 spiro atoms. The Morgan fingerprint density at radius 3 is 2.89 bits per heavy atom. The Morgan fingerprint density at radius 2 is 2.22 bits per heavy atom. The average molecular weight is 121 g/mol. The van der Waals surface area contributed by atoms with Crippen molar-refractivity contribution < 1.29 is 1.41 Å². The second-order valence-electron chi connectivity index (χ2n) is 1.67. The first kappa shape index (κ1) is 4.56. The first-order chi connectivity index (χ1) is 4.93. The van der Waals surface area contributed by atoms with Crippen molar-refractivity contribution in [1.29, 1.82) is 0 Å². The van der Waals surface area contributed by atoms with Gasteiger partial charge >= 0.3 is 0 Å². The molecule has 2 heteroatoms. The minimum atomic E-state index is 0.988. The van der Waals surface area contributed by atoms with Crippen LogP contribution in [0.3, 0.4) is 0 Å². The van der Waals surface area contributed by atoms with E-state index in [1.807, 2.05) is 36.2 Å². The highest BCUT2D eigenvalue weighted by molar-refractivity contribution is 5.78. The molecule has 9 heavy (non-hydrogen) atoms. The van der Waals surface area contributed by atoms with Gasteiger partial charge < -0.3 is 5.84 Å². The molecule has 0 saturated heterocycles. The lowest BCUT2D eigenvalue weighted by molar-refractivity contribution is 1.26. The fourth-order valence-corrected chi connectivity index (χ4v) is 0.614. The van der Waals surface area contributed by atoms with Crippen LogP contribution in [0.15, 0.2) is 35.4 Å². The minimum Gasteiger partial charge on any atom is -0.323 e. The number of hydrogen-bond acceptors (Lipinski definition) is 2. The van der Waals surface area contributed by atoms with E-state index in [4.69, 9.17) is 1.41 Å². The van der Waals surface area contributed by atoms with E-state index in [0.29, 0.717) is 0 Å². The molecule has 0 unspecified atom stereocenters. The van der Waals surface area contributed by atoms with Gasteiger partial charge in [0.1, 0.15) is 0 Å². The molecular weight excluding hydrogens is 112 g/mol. The van der Waals surface area contributed by atoms with Gasteiger partial charge in [-0.1, -0.05) is 30.3 Å². The van der Waals surface area contributed by atoms with Gasteiger partial charge in [0.15, 0.2) is 1.41 Å². The topological polar surface area (TPSA) is 38.4 Å². The molecule has 1 aromatic carbocycles. The lowest BCUT2D eigenvalue weighted by Crippen LogP contribution is -1.83. The predicted octanol–water partition coefficient (Wildman–Crippen LogP) is 0.979. The maximum absolute atomic E-state index is 6.50. The largest absolute Gasteiger partial charge is 0.323 e. The lowest BCUT2D eigenvalue weighted by atomic mass is 10.2. The number of hydrazone groups is 1. The van der Waals surface area contributed by atoms with Crippen LogP contribution >= 0.6 is 0 Å². The van der Waals surface area contributed by atoms with Crippen molar-refractivity contribution in [2.45, 2.75) is 0 Å². The molecular formula is C7H8N2. The Kier molecular flexibility index (Phi) is 1.45. The summed E-state index contributed by atoms with van der Waals surface area (Å²) in [6, 6.07) is 9.61. The standard InChI is InChI=1S/C7H8N2/c8-9-6-7-4-2-1-3-5-7/h1-6H,8H2/i/hD. The Morgan fingerprint density at radius 1 is 1.44 bits per heavy atom. The van der Waals surface area contributed by atoms with Gasteiger partial charge in [-0.25, -0.2) is 0 Å². The summed E-state index contributed by atoms with van der Waals surface area (Å²) in [4.78, 5) is 0. The fraction of sp³-hybridized carbons (Fsp3) is 0. The van der Waals surface area contributed by atoms with E-state index in [1.54, 1.807) is 6.21 Å². The Bertz CT molecular complexity index is 208. The maximum atomic E-state index is 6.50. The molecule has 0 aliphatic rings. The van der Waals surface area contributed by atoms with Crippen molar-refractivity contribution in [3.63, 3.8) is 0 Å². The summed E-state index contributed by atoms with van der Waals surface area (Å²) in [5, 5.41) is 3.53. The summed E-state index contributed by atoms with van der Waals surface area (Å²) in [7, 11) is 0. The minimum absolute atomic E-state index is 0.988. The molecule has 0 aliphatic carbocycles. The van der Waals surface area contributed by atoms with Crippen molar-refractivity contribution >= 4 is 6.21 Å². The maximum Gasteiger partial charge on any atom is 0.179 e. The molecule has 0 aliphatic heterocycles. The van der Waals surface area contributed by atoms with Crippen molar-refractivity contribution in [2.75, 3.05) is 0 Å². The molecule has 0 bridgehead atoms. The van der Waals surface area contributed by atoms with Crippen LogP contribution in [-0.2, 0) is 0 Å². The summed E-state index contributed by atoms with van der Waals surface area (Å²) in [5.41, 5.74) is 0.988. The van der Waals surface area contributed by atoms with Crippen molar-refractivity contribution in [1.82, 2.24) is 0 Å². The number of hydrogen-bond donors (Lipinski definition) is 1. The Labute approximate surface area is 55.5 Å². The SMILES string of the molecule is [2H]NN=Cc1ccccc1. The van der Waals surface area contributed by atoms with E-state index in [-0.39, 0.29) is 0 Å². The van der Waals surface area contributed by atoms with Gasteiger partial charge in [0, 0.05) is 0 Å². The van der Waals surface area contributed by atoms with Crippen molar-refractivity contribution in [3.8, 4) is 0 Å². The normalized spacial score (nSPS) is 11.3. The highest BCUT2D eigenvalue weighted by Crippen LogP contribution is 1.92. The van der Waals surface area contributed by atoms with E-state index in [2.05, 4.69) is 5.10 Å². The van der Waals surface area contributed by atoms with Gasteiger partial charge in [-0.05, 0) is 5.56 Å². The molecule has 0 fully saturated rings. The van der Waals surface area contributed by atoms with Crippen LogP contribution in [0.4, 0.5) is 0 Å². The highest BCUT2D eigenvalue weighted by atomic mass is 15.1. The van der Waals surface area contributed by atoms with Crippen LogP contribution in [-0.4, -0.2) is 6.21 Å². The molecule has 0 atom stereocenters. The highest BCUT2D eigenvalue weighted by Gasteiger charge is 1.79. The monoisotopic (exact) mass is 121 g/mol. The molecule has 0 radical (unpaired) electrons. The van der Waals surface area contributed by atoms with E-state index < -0.39 is 0 Å². The first-order valence-electron chi connectivity index (χ1n) is 3.18. The zero-order valence-corrected chi connectivity index (χ0v) is 4.91. The molecule has 0 heterocycles. The number of nitrogens with zero attached hydrogens (tertiary/aromatic N) is 1. The van der Waals surface area contributed by atoms with Crippen LogP contribution in [0.5, 0.6) is 0 Å². The van der Waals surface area contributed by atoms with E-state index in [9.17, 15) is 0 Å².